The van der Waals surface area contributed by atoms with Crippen LogP contribution in [0.25, 0.3) is 0 Å². The van der Waals surface area contributed by atoms with Gasteiger partial charge in [-0.05, 0) is 25.0 Å². The van der Waals surface area contributed by atoms with Crippen molar-refractivity contribution < 1.29 is 9.53 Å². The fourth-order valence-corrected chi connectivity index (χ4v) is 3.54. The highest BCUT2D eigenvalue weighted by atomic mass is 32.1. The highest BCUT2D eigenvalue weighted by Crippen LogP contribution is 2.29. The van der Waals surface area contributed by atoms with Gasteiger partial charge in [0, 0.05) is 11.3 Å². The molecule has 0 saturated carbocycles. The number of nitrogens with one attached hydrogen (secondary N) is 1. The van der Waals surface area contributed by atoms with Crippen molar-refractivity contribution in [2.45, 2.75) is 33.2 Å². The largest absolute Gasteiger partial charge is 0.492 e. The minimum absolute atomic E-state index is 0.0816. The van der Waals surface area contributed by atoms with Crippen LogP contribution in [-0.2, 0) is 19.4 Å². The number of hydrogen-bond donors (Lipinski definition) is 1. The Morgan fingerprint density at radius 2 is 2.33 bits per heavy atom. The number of aromatic nitrogens is 1. The molecule has 110 valence electrons. The van der Waals surface area contributed by atoms with Crippen molar-refractivity contribution >= 4 is 17.2 Å². The van der Waals surface area contributed by atoms with Gasteiger partial charge in [0.05, 0.1) is 29.4 Å². The second-order valence-corrected chi connectivity index (χ2v) is 6.32. The smallest absolute Gasteiger partial charge is 0.255 e. The fraction of sp³-hybridized carbons (Fsp3) is 0.375. The Bertz CT molecular complexity index is 679. The summed E-state index contributed by atoms with van der Waals surface area (Å²) >= 11 is 1.64. The molecule has 21 heavy (non-hydrogen) atoms. The van der Waals surface area contributed by atoms with E-state index in [2.05, 4.69) is 17.2 Å². The van der Waals surface area contributed by atoms with E-state index in [1.165, 1.54) is 0 Å². The summed E-state index contributed by atoms with van der Waals surface area (Å²) in [5.74, 6) is 0.660. The summed E-state index contributed by atoms with van der Waals surface area (Å²) in [6.07, 6.45) is 1.77. The molecule has 1 aromatic heterocycles. The number of carbonyl (C=O) groups excluding carboxylic acids is 1. The Balaban J connectivity index is 1.74. The second kappa shape index (κ2) is 5.85. The van der Waals surface area contributed by atoms with E-state index in [1.54, 1.807) is 11.3 Å². The maximum absolute atomic E-state index is 12.4. The number of amides is 1. The van der Waals surface area contributed by atoms with Gasteiger partial charge in [0.1, 0.15) is 5.75 Å². The Hall–Kier alpha value is -1.88. The Labute approximate surface area is 128 Å². The molecule has 0 aliphatic carbocycles. The van der Waals surface area contributed by atoms with E-state index >= 15 is 0 Å². The summed E-state index contributed by atoms with van der Waals surface area (Å²) in [4.78, 5) is 18.0. The van der Waals surface area contributed by atoms with Gasteiger partial charge in [0.15, 0.2) is 0 Å². The first kappa shape index (κ1) is 14.1. The molecule has 2 heterocycles. The molecule has 1 aliphatic rings. The number of carbonyl (C=O) groups is 1. The second-order valence-electron chi connectivity index (χ2n) is 5.03. The van der Waals surface area contributed by atoms with Crippen LogP contribution in [0.5, 0.6) is 5.75 Å². The predicted molar refractivity (Wildman–Crippen MR) is 83.0 cm³/mol. The molecule has 1 aliphatic heterocycles. The summed E-state index contributed by atoms with van der Waals surface area (Å²) in [5.41, 5.74) is 2.82. The van der Waals surface area contributed by atoms with E-state index < -0.39 is 0 Å². The van der Waals surface area contributed by atoms with E-state index in [1.807, 2.05) is 25.1 Å². The van der Waals surface area contributed by atoms with Gasteiger partial charge in [-0.25, -0.2) is 4.98 Å². The third-order valence-electron chi connectivity index (χ3n) is 3.59. The van der Waals surface area contributed by atoms with Crippen LogP contribution >= 0.6 is 11.3 Å². The number of nitrogens with zero attached hydrogens (tertiary/aromatic N) is 1. The van der Waals surface area contributed by atoms with Gasteiger partial charge in [0.25, 0.3) is 5.91 Å². The summed E-state index contributed by atoms with van der Waals surface area (Å²) in [5, 5.41) is 4.03. The fourth-order valence-electron chi connectivity index (χ4n) is 2.58. The van der Waals surface area contributed by atoms with E-state index in [-0.39, 0.29) is 5.91 Å². The van der Waals surface area contributed by atoms with Crippen LogP contribution in [0.15, 0.2) is 18.2 Å². The van der Waals surface area contributed by atoms with Crippen molar-refractivity contribution in [3.63, 3.8) is 0 Å². The number of aryl methyl sites for hydroxylation is 2. The van der Waals surface area contributed by atoms with E-state index in [9.17, 15) is 4.79 Å². The number of rotatable bonds is 4. The molecule has 0 radical (unpaired) electrons. The number of thiazole rings is 1. The van der Waals surface area contributed by atoms with Crippen LogP contribution in [0.4, 0.5) is 0 Å². The van der Waals surface area contributed by atoms with Crippen LogP contribution in [-0.4, -0.2) is 17.5 Å². The molecule has 0 bridgehead atoms. The molecule has 5 heteroatoms. The minimum Gasteiger partial charge on any atom is -0.492 e. The normalized spacial score (nSPS) is 12.9. The van der Waals surface area contributed by atoms with Gasteiger partial charge < -0.3 is 10.1 Å². The lowest BCUT2D eigenvalue weighted by Gasteiger charge is -2.08. The van der Waals surface area contributed by atoms with Crippen molar-refractivity contribution in [2.24, 2.45) is 0 Å². The molecule has 0 unspecified atom stereocenters. The molecule has 0 fully saturated rings. The van der Waals surface area contributed by atoms with Gasteiger partial charge in [-0.3, -0.25) is 4.79 Å². The molecule has 0 spiro atoms. The van der Waals surface area contributed by atoms with Crippen LogP contribution in [0.2, 0.25) is 0 Å². The SMILES string of the molecule is CCc1nc(C)sc1CNC(=O)c1cccc2c1OCC2. The van der Waals surface area contributed by atoms with Crippen LogP contribution in [0.1, 0.15) is 38.4 Å². The zero-order valence-electron chi connectivity index (χ0n) is 12.2. The molecule has 0 atom stereocenters. The van der Waals surface area contributed by atoms with Crippen LogP contribution in [0.3, 0.4) is 0 Å². The minimum atomic E-state index is -0.0816. The molecular weight excluding hydrogens is 284 g/mol. The summed E-state index contributed by atoms with van der Waals surface area (Å²) < 4.78 is 5.58. The molecule has 2 aromatic rings. The topological polar surface area (TPSA) is 51.2 Å². The average molecular weight is 302 g/mol. The molecule has 1 N–H and O–H groups in total. The number of hydrogen-bond acceptors (Lipinski definition) is 4. The monoisotopic (exact) mass is 302 g/mol. The maximum Gasteiger partial charge on any atom is 0.255 e. The first-order valence-electron chi connectivity index (χ1n) is 7.17. The number of para-hydroxylation sites is 1. The zero-order valence-corrected chi connectivity index (χ0v) is 13.0. The molecule has 4 nitrogen and oxygen atoms in total. The van der Waals surface area contributed by atoms with Gasteiger partial charge in [-0.1, -0.05) is 19.1 Å². The third kappa shape index (κ3) is 2.78. The summed E-state index contributed by atoms with van der Waals surface area (Å²) in [6.45, 7) is 5.26. The molecule has 1 amide bonds. The van der Waals surface area contributed by atoms with Crippen molar-refractivity contribution in [1.82, 2.24) is 10.3 Å². The molecule has 1 aromatic carbocycles. The van der Waals surface area contributed by atoms with Gasteiger partial charge >= 0.3 is 0 Å². The third-order valence-corrected chi connectivity index (χ3v) is 4.60. The molecule has 0 saturated heterocycles. The lowest BCUT2D eigenvalue weighted by molar-refractivity contribution is 0.0948. The highest BCUT2D eigenvalue weighted by molar-refractivity contribution is 7.11. The van der Waals surface area contributed by atoms with Gasteiger partial charge in [-0.2, -0.15) is 0 Å². The van der Waals surface area contributed by atoms with Crippen molar-refractivity contribution in [2.75, 3.05) is 6.61 Å². The molecular formula is C16H18N2O2S. The Morgan fingerprint density at radius 1 is 1.48 bits per heavy atom. The summed E-state index contributed by atoms with van der Waals surface area (Å²) in [7, 11) is 0. The van der Waals surface area contributed by atoms with Crippen molar-refractivity contribution in [1.29, 1.82) is 0 Å². The summed E-state index contributed by atoms with van der Waals surface area (Å²) in [6, 6.07) is 5.75. The van der Waals surface area contributed by atoms with E-state index in [4.69, 9.17) is 4.74 Å². The maximum atomic E-state index is 12.4. The Morgan fingerprint density at radius 3 is 3.14 bits per heavy atom. The number of fused-ring (bicyclic) bond motifs is 1. The van der Waals surface area contributed by atoms with Crippen LogP contribution < -0.4 is 10.1 Å². The number of ether oxygens (including phenoxy) is 1. The van der Waals surface area contributed by atoms with E-state index in [0.29, 0.717) is 18.7 Å². The first-order chi connectivity index (χ1) is 10.2. The number of benzene rings is 1. The highest BCUT2D eigenvalue weighted by Gasteiger charge is 2.20. The van der Waals surface area contributed by atoms with Gasteiger partial charge in [0.2, 0.25) is 0 Å². The van der Waals surface area contributed by atoms with Crippen molar-refractivity contribution in [3.05, 3.63) is 44.9 Å². The standard InChI is InChI=1S/C16H18N2O2S/c1-3-13-14(21-10(2)18-13)9-17-16(19)12-6-4-5-11-7-8-20-15(11)12/h4-6H,3,7-9H2,1-2H3,(H,17,19). The lowest BCUT2D eigenvalue weighted by atomic mass is 10.1. The van der Waals surface area contributed by atoms with Gasteiger partial charge in [-0.15, -0.1) is 11.3 Å². The van der Waals surface area contributed by atoms with E-state index in [0.717, 1.165) is 39.7 Å². The van der Waals surface area contributed by atoms with Crippen LogP contribution in [0, 0.1) is 6.92 Å². The Kier molecular flexibility index (Phi) is 3.92. The lowest BCUT2D eigenvalue weighted by Crippen LogP contribution is -2.23. The van der Waals surface area contributed by atoms with Crippen molar-refractivity contribution in [3.8, 4) is 5.75 Å². The quantitative estimate of drug-likeness (QED) is 0.945. The zero-order chi connectivity index (χ0) is 14.8. The average Bonchev–Trinajstić information content (AvgIpc) is 3.10. The molecule has 3 rings (SSSR count). The predicted octanol–water partition coefficient (Wildman–Crippen LogP) is 2.88. The first-order valence-corrected chi connectivity index (χ1v) is 7.98.